The molecule has 21 heavy (non-hydrogen) atoms. The average Bonchev–Trinajstić information content (AvgIpc) is 2.72. The normalized spacial score (nSPS) is 27.9. The van der Waals surface area contributed by atoms with E-state index in [2.05, 4.69) is 0 Å². The number of rotatable bonds is 2. The van der Waals surface area contributed by atoms with Crippen LogP contribution in [0.3, 0.4) is 0 Å². The number of imide groups is 1. The first kappa shape index (κ1) is 13.7. The van der Waals surface area contributed by atoms with Gasteiger partial charge in [-0.3, -0.25) is 19.3 Å². The lowest BCUT2D eigenvalue weighted by atomic mass is 9.78. The Morgan fingerprint density at radius 3 is 2.67 bits per heavy atom. The molecule has 2 aliphatic rings. The third-order valence-corrected chi connectivity index (χ3v) is 4.38. The van der Waals surface area contributed by atoms with Gasteiger partial charge in [-0.05, 0) is 31.4 Å². The molecule has 1 fully saturated rings. The van der Waals surface area contributed by atoms with Gasteiger partial charge in [0, 0.05) is 5.56 Å². The predicted octanol–water partition coefficient (Wildman–Crippen LogP) is 2.59. The van der Waals surface area contributed by atoms with Crippen LogP contribution >= 0.6 is 0 Å². The third kappa shape index (κ3) is 2.11. The van der Waals surface area contributed by atoms with Gasteiger partial charge in [0.1, 0.15) is 0 Å². The quantitative estimate of drug-likeness (QED) is 0.476. The molecule has 0 unspecified atom stereocenters. The highest BCUT2D eigenvalue weighted by atomic mass is 16.2. The van der Waals surface area contributed by atoms with Crippen molar-refractivity contribution in [2.75, 3.05) is 4.90 Å². The molecule has 4 nitrogen and oxygen atoms in total. The lowest BCUT2D eigenvalue weighted by molar-refractivity contribution is -0.122. The standard InChI is InChI=1S/C17H17NO3/c1-10-5-3-8-14-15(10)17(21)18(16(14)20)13-7-4-6-12(9-13)11(2)19/h3-7,9-10,14-15H,8H2,1-2H3/t10-,14-,15-/m1/s1. The number of anilines is 1. The topological polar surface area (TPSA) is 54.5 Å². The molecule has 0 spiro atoms. The molecular weight excluding hydrogens is 266 g/mol. The van der Waals surface area contributed by atoms with Gasteiger partial charge in [-0.2, -0.15) is 0 Å². The van der Waals surface area contributed by atoms with Crippen LogP contribution in [-0.4, -0.2) is 17.6 Å². The molecule has 0 bridgehead atoms. The van der Waals surface area contributed by atoms with Gasteiger partial charge in [0.2, 0.25) is 11.8 Å². The van der Waals surface area contributed by atoms with Crippen molar-refractivity contribution in [2.24, 2.45) is 17.8 Å². The number of allylic oxidation sites excluding steroid dienone is 2. The molecule has 2 amide bonds. The molecule has 3 rings (SSSR count). The van der Waals surface area contributed by atoms with Gasteiger partial charge < -0.3 is 0 Å². The second-order valence-corrected chi connectivity index (χ2v) is 5.77. The lowest BCUT2D eigenvalue weighted by Crippen LogP contribution is -2.31. The summed E-state index contributed by atoms with van der Waals surface area (Å²) in [4.78, 5) is 37.9. The smallest absolute Gasteiger partial charge is 0.238 e. The first-order valence-electron chi connectivity index (χ1n) is 7.16. The van der Waals surface area contributed by atoms with Crippen molar-refractivity contribution < 1.29 is 14.4 Å². The molecule has 1 saturated heterocycles. The summed E-state index contributed by atoms with van der Waals surface area (Å²) >= 11 is 0. The fraction of sp³-hybridized carbons (Fsp3) is 0.353. The van der Waals surface area contributed by atoms with Crippen molar-refractivity contribution >= 4 is 23.3 Å². The summed E-state index contributed by atoms with van der Waals surface area (Å²) in [5, 5.41) is 0. The number of Topliss-reactive ketones (excluding diaryl/α,β-unsaturated/α-hetero) is 1. The minimum absolute atomic E-state index is 0.0705. The molecule has 3 atom stereocenters. The Kier molecular flexibility index (Phi) is 3.24. The SMILES string of the molecule is CC(=O)c1cccc(N2C(=O)[C@@H]3[C@H](C)C=CC[C@H]3C2=O)c1. The first-order valence-corrected chi connectivity index (χ1v) is 7.16. The fourth-order valence-electron chi connectivity index (χ4n) is 3.27. The van der Waals surface area contributed by atoms with Crippen LogP contribution in [-0.2, 0) is 9.59 Å². The molecule has 0 N–H and O–H groups in total. The first-order chi connectivity index (χ1) is 10.0. The summed E-state index contributed by atoms with van der Waals surface area (Å²) in [7, 11) is 0. The van der Waals surface area contributed by atoms with E-state index in [0.717, 1.165) is 0 Å². The van der Waals surface area contributed by atoms with Crippen LogP contribution < -0.4 is 4.90 Å². The van der Waals surface area contributed by atoms with Crippen LogP contribution in [0.5, 0.6) is 0 Å². The highest BCUT2D eigenvalue weighted by Gasteiger charge is 2.50. The maximum absolute atomic E-state index is 12.6. The molecule has 1 aliphatic heterocycles. The maximum Gasteiger partial charge on any atom is 0.238 e. The summed E-state index contributed by atoms with van der Waals surface area (Å²) in [6.07, 6.45) is 4.59. The zero-order valence-electron chi connectivity index (χ0n) is 12.1. The van der Waals surface area contributed by atoms with Crippen LogP contribution in [0.2, 0.25) is 0 Å². The van der Waals surface area contributed by atoms with E-state index in [0.29, 0.717) is 17.7 Å². The largest absolute Gasteiger partial charge is 0.295 e. The van der Waals surface area contributed by atoms with Crippen molar-refractivity contribution in [1.82, 2.24) is 0 Å². The third-order valence-electron chi connectivity index (χ3n) is 4.38. The summed E-state index contributed by atoms with van der Waals surface area (Å²) in [5.41, 5.74) is 1.01. The van der Waals surface area contributed by atoms with Gasteiger partial charge in [-0.1, -0.05) is 31.2 Å². The molecule has 1 heterocycles. The van der Waals surface area contributed by atoms with Crippen LogP contribution in [0.1, 0.15) is 30.6 Å². The number of hydrogen-bond acceptors (Lipinski definition) is 3. The van der Waals surface area contributed by atoms with Crippen LogP contribution in [0.4, 0.5) is 5.69 Å². The second-order valence-electron chi connectivity index (χ2n) is 5.77. The molecule has 108 valence electrons. The van der Waals surface area contributed by atoms with Gasteiger partial charge in [0.05, 0.1) is 17.5 Å². The number of hydrogen-bond donors (Lipinski definition) is 0. The van der Waals surface area contributed by atoms with Crippen molar-refractivity contribution in [3.05, 3.63) is 42.0 Å². The number of carbonyl (C=O) groups is 3. The predicted molar refractivity (Wildman–Crippen MR) is 78.8 cm³/mol. The Bertz CT molecular complexity index is 662. The maximum atomic E-state index is 12.6. The minimum atomic E-state index is -0.275. The number of nitrogens with zero attached hydrogens (tertiary/aromatic N) is 1. The molecule has 1 aromatic rings. The Balaban J connectivity index is 2.00. The molecule has 1 aromatic carbocycles. The van der Waals surface area contributed by atoms with E-state index in [4.69, 9.17) is 0 Å². The average molecular weight is 283 g/mol. The second kappa shape index (κ2) is 4.95. The zero-order chi connectivity index (χ0) is 15.1. The van der Waals surface area contributed by atoms with Gasteiger partial charge >= 0.3 is 0 Å². The summed E-state index contributed by atoms with van der Waals surface area (Å²) in [5.74, 6) is -0.851. The van der Waals surface area contributed by atoms with E-state index in [1.54, 1.807) is 24.3 Å². The minimum Gasteiger partial charge on any atom is -0.295 e. The zero-order valence-corrected chi connectivity index (χ0v) is 12.1. The van der Waals surface area contributed by atoms with Crippen molar-refractivity contribution in [2.45, 2.75) is 20.3 Å². The number of fused-ring (bicyclic) bond motifs is 1. The lowest BCUT2D eigenvalue weighted by Gasteiger charge is -2.22. The Morgan fingerprint density at radius 2 is 2.00 bits per heavy atom. The van der Waals surface area contributed by atoms with Crippen LogP contribution in [0.25, 0.3) is 0 Å². The molecule has 0 aromatic heterocycles. The molecule has 0 radical (unpaired) electrons. The van der Waals surface area contributed by atoms with E-state index < -0.39 is 0 Å². The number of benzene rings is 1. The van der Waals surface area contributed by atoms with Crippen LogP contribution in [0.15, 0.2) is 36.4 Å². The van der Waals surface area contributed by atoms with E-state index in [1.807, 2.05) is 19.1 Å². The van der Waals surface area contributed by atoms with E-state index in [9.17, 15) is 14.4 Å². The van der Waals surface area contributed by atoms with E-state index >= 15 is 0 Å². The summed E-state index contributed by atoms with van der Waals surface area (Å²) in [6, 6.07) is 6.72. The highest BCUT2D eigenvalue weighted by molar-refractivity contribution is 6.22. The van der Waals surface area contributed by atoms with Crippen molar-refractivity contribution in [3.8, 4) is 0 Å². The number of ketones is 1. The molecule has 1 aliphatic carbocycles. The van der Waals surface area contributed by atoms with Gasteiger partial charge in [-0.25, -0.2) is 0 Å². The van der Waals surface area contributed by atoms with E-state index in [-0.39, 0.29) is 35.4 Å². The molecule has 0 saturated carbocycles. The van der Waals surface area contributed by atoms with Crippen LogP contribution in [0, 0.1) is 17.8 Å². The Hall–Kier alpha value is -2.23. The molecule has 4 heteroatoms. The van der Waals surface area contributed by atoms with Gasteiger partial charge in [0.15, 0.2) is 5.78 Å². The number of carbonyl (C=O) groups excluding carboxylic acids is 3. The Morgan fingerprint density at radius 1 is 1.24 bits per heavy atom. The summed E-state index contributed by atoms with van der Waals surface area (Å²) < 4.78 is 0. The summed E-state index contributed by atoms with van der Waals surface area (Å²) in [6.45, 7) is 3.44. The monoisotopic (exact) mass is 283 g/mol. The molecular formula is C17H17NO3. The number of amides is 2. The van der Waals surface area contributed by atoms with E-state index in [1.165, 1.54) is 11.8 Å². The van der Waals surface area contributed by atoms with Crippen molar-refractivity contribution in [1.29, 1.82) is 0 Å². The van der Waals surface area contributed by atoms with Crippen molar-refractivity contribution in [3.63, 3.8) is 0 Å². The fourth-order valence-corrected chi connectivity index (χ4v) is 3.27. The highest BCUT2D eigenvalue weighted by Crippen LogP contribution is 2.40. The van der Waals surface area contributed by atoms with Gasteiger partial charge in [-0.15, -0.1) is 0 Å². The Labute approximate surface area is 123 Å². The van der Waals surface area contributed by atoms with Gasteiger partial charge in [0.25, 0.3) is 0 Å².